The Balaban J connectivity index is 1.48. The van der Waals surface area contributed by atoms with Crippen molar-refractivity contribution < 1.29 is 9.18 Å². The minimum absolute atomic E-state index is 0.0445. The lowest BCUT2D eigenvalue weighted by Crippen LogP contribution is -2.39. The lowest BCUT2D eigenvalue weighted by molar-refractivity contribution is 0.0705. The molecule has 0 saturated carbocycles. The van der Waals surface area contributed by atoms with Gasteiger partial charge in [0.1, 0.15) is 5.82 Å². The van der Waals surface area contributed by atoms with E-state index in [9.17, 15) is 9.18 Å². The van der Waals surface area contributed by atoms with E-state index in [1.807, 2.05) is 29.2 Å². The molecule has 0 radical (unpaired) electrons. The summed E-state index contributed by atoms with van der Waals surface area (Å²) < 4.78 is 13.4. The first-order valence-electron chi connectivity index (χ1n) is 9.58. The number of piperidine rings is 1. The second-order valence-electron chi connectivity index (χ2n) is 7.19. The van der Waals surface area contributed by atoms with Gasteiger partial charge in [0, 0.05) is 54.8 Å². The summed E-state index contributed by atoms with van der Waals surface area (Å²) in [6, 6.07) is 16.1. The van der Waals surface area contributed by atoms with Crippen molar-refractivity contribution in [1.29, 1.82) is 0 Å². The van der Waals surface area contributed by atoms with Gasteiger partial charge in [0.15, 0.2) is 0 Å². The molecule has 2 aromatic heterocycles. The zero-order valence-corrected chi connectivity index (χ0v) is 15.6. The van der Waals surface area contributed by atoms with Crippen LogP contribution in [0.3, 0.4) is 0 Å². The number of hydrogen-bond donors (Lipinski definition) is 0. The van der Waals surface area contributed by atoms with Gasteiger partial charge in [0.2, 0.25) is 0 Å². The van der Waals surface area contributed by atoms with Gasteiger partial charge in [-0.25, -0.2) is 4.39 Å². The maximum atomic E-state index is 13.4. The number of halogens is 1. The van der Waals surface area contributed by atoms with Crippen molar-refractivity contribution in [2.45, 2.75) is 25.2 Å². The fraction of sp³-hybridized carbons (Fsp3) is 0.261. The molecule has 4 nitrogen and oxygen atoms in total. The summed E-state index contributed by atoms with van der Waals surface area (Å²) in [6.45, 7) is 1.43. The van der Waals surface area contributed by atoms with Crippen LogP contribution in [0.5, 0.6) is 0 Å². The van der Waals surface area contributed by atoms with E-state index in [1.54, 1.807) is 36.7 Å². The minimum Gasteiger partial charge on any atom is -0.338 e. The number of carbonyl (C=O) groups excluding carboxylic acids is 1. The third kappa shape index (κ3) is 4.25. The fourth-order valence-corrected chi connectivity index (χ4v) is 3.76. The molecule has 1 saturated heterocycles. The SMILES string of the molecule is O=C(c1ccncc1)N1CCCC(c2cccc(Cc3cccc(F)c3)n2)C1. The van der Waals surface area contributed by atoms with Crippen molar-refractivity contribution in [2.75, 3.05) is 13.1 Å². The molecule has 0 N–H and O–H groups in total. The van der Waals surface area contributed by atoms with Crippen molar-refractivity contribution in [1.82, 2.24) is 14.9 Å². The van der Waals surface area contributed by atoms with Gasteiger partial charge in [0.05, 0.1) is 0 Å². The number of carbonyl (C=O) groups is 1. The van der Waals surface area contributed by atoms with Crippen LogP contribution in [0.2, 0.25) is 0 Å². The van der Waals surface area contributed by atoms with Crippen LogP contribution in [0.4, 0.5) is 4.39 Å². The molecular weight excluding hydrogens is 353 g/mol. The summed E-state index contributed by atoms with van der Waals surface area (Å²) in [4.78, 5) is 23.5. The molecule has 1 atom stereocenters. The summed E-state index contributed by atoms with van der Waals surface area (Å²) in [5, 5.41) is 0. The summed E-state index contributed by atoms with van der Waals surface area (Å²) in [5.74, 6) is 0.0289. The molecule has 0 spiro atoms. The first kappa shape index (κ1) is 18.3. The molecule has 142 valence electrons. The third-order valence-corrected chi connectivity index (χ3v) is 5.16. The van der Waals surface area contributed by atoms with Gasteiger partial charge in [-0.15, -0.1) is 0 Å². The molecule has 3 aromatic rings. The lowest BCUT2D eigenvalue weighted by atomic mass is 9.93. The number of aromatic nitrogens is 2. The topological polar surface area (TPSA) is 46.1 Å². The number of hydrogen-bond acceptors (Lipinski definition) is 3. The molecule has 5 heteroatoms. The van der Waals surface area contributed by atoms with Gasteiger partial charge in [-0.05, 0) is 54.8 Å². The summed E-state index contributed by atoms with van der Waals surface area (Å²) in [6.07, 6.45) is 5.85. The number of nitrogens with zero attached hydrogens (tertiary/aromatic N) is 3. The number of benzene rings is 1. The van der Waals surface area contributed by atoms with Crippen molar-refractivity contribution in [2.24, 2.45) is 0 Å². The Morgan fingerprint density at radius 1 is 1.11 bits per heavy atom. The Kier molecular flexibility index (Phi) is 5.42. The average molecular weight is 375 g/mol. The quantitative estimate of drug-likeness (QED) is 0.686. The molecule has 0 aliphatic carbocycles. The minimum atomic E-state index is -0.230. The highest BCUT2D eigenvalue weighted by Gasteiger charge is 2.26. The first-order chi connectivity index (χ1) is 13.7. The van der Waals surface area contributed by atoms with Gasteiger partial charge in [0.25, 0.3) is 5.91 Å². The highest BCUT2D eigenvalue weighted by atomic mass is 19.1. The average Bonchev–Trinajstić information content (AvgIpc) is 2.74. The van der Waals surface area contributed by atoms with E-state index < -0.39 is 0 Å². The molecular formula is C23H22FN3O. The maximum absolute atomic E-state index is 13.4. The summed E-state index contributed by atoms with van der Waals surface area (Å²) >= 11 is 0. The second kappa shape index (κ2) is 8.30. The summed E-state index contributed by atoms with van der Waals surface area (Å²) in [5.41, 5.74) is 3.49. The fourth-order valence-electron chi connectivity index (χ4n) is 3.76. The monoisotopic (exact) mass is 375 g/mol. The van der Waals surface area contributed by atoms with E-state index in [2.05, 4.69) is 4.98 Å². The Bertz CT molecular complexity index is 961. The Labute approximate surface area is 164 Å². The maximum Gasteiger partial charge on any atom is 0.253 e. The summed E-state index contributed by atoms with van der Waals surface area (Å²) in [7, 11) is 0. The number of likely N-dealkylation sites (tertiary alicyclic amines) is 1. The number of rotatable bonds is 4. The predicted octanol–water partition coefficient (Wildman–Crippen LogP) is 4.23. The molecule has 4 rings (SSSR count). The second-order valence-corrected chi connectivity index (χ2v) is 7.19. The third-order valence-electron chi connectivity index (χ3n) is 5.16. The number of amides is 1. The van der Waals surface area contributed by atoms with Crippen LogP contribution >= 0.6 is 0 Å². The molecule has 1 aromatic carbocycles. The standard InChI is InChI=1S/C23H22FN3O/c24-20-6-1-4-17(14-20)15-21-7-2-8-22(26-21)19-5-3-13-27(16-19)23(28)18-9-11-25-12-10-18/h1-2,4,6-12,14,19H,3,5,13,15-16H2. The van der Waals surface area contributed by atoms with Crippen LogP contribution < -0.4 is 0 Å². The van der Waals surface area contributed by atoms with Crippen molar-refractivity contribution in [3.63, 3.8) is 0 Å². The van der Waals surface area contributed by atoms with Crippen molar-refractivity contribution in [3.05, 3.63) is 95.3 Å². The molecule has 1 aliphatic rings. The van der Waals surface area contributed by atoms with Crippen LogP contribution in [0.15, 0.2) is 67.0 Å². The molecule has 1 amide bonds. The van der Waals surface area contributed by atoms with Gasteiger partial charge in [-0.3, -0.25) is 14.8 Å². The number of pyridine rings is 2. The van der Waals surface area contributed by atoms with Crippen molar-refractivity contribution >= 4 is 5.91 Å². The molecule has 0 bridgehead atoms. The molecule has 1 unspecified atom stereocenters. The zero-order valence-electron chi connectivity index (χ0n) is 15.6. The van der Waals surface area contributed by atoms with Crippen LogP contribution in [0.1, 0.15) is 46.1 Å². The van der Waals surface area contributed by atoms with Gasteiger partial charge in [-0.2, -0.15) is 0 Å². The Morgan fingerprint density at radius 2 is 1.93 bits per heavy atom. The molecule has 1 fully saturated rings. The first-order valence-corrected chi connectivity index (χ1v) is 9.58. The van der Waals surface area contributed by atoms with E-state index in [0.717, 1.165) is 36.3 Å². The van der Waals surface area contributed by atoms with Gasteiger partial charge < -0.3 is 4.90 Å². The van der Waals surface area contributed by atoms with E-state index >= 15 is 0 Å². The Hall–Kier alpha value is -3.08. The highest BCUT2D eigenvalue weighted by Crippen LogP contribution is 2.27. The van der Waals surface area contributed by atoms with Gasteiger partial charge in [-0.1, -0.05) is 18.2 Å². The van der Waals surface area contributed by atoms with E-state index in [4.69, 9.17) is 4.98 Å². The van der Waals surface area contributed by atoms with Crippen LogP contribution in [-0.4, -0.2) is 33.9 Å². The van der Waals surface area contributed by atoms with Gasteiger partial charge >= 0.3 is 0 Å². The molecule has 1 aliphatic heterocycles. The normalized spacial score (nSPS) is 16.8. The van der Waals surface area contributed by atoms with E-state index in [1.165, 1.54) is 6.07 Å². The lowest BCUT2D eigenvalue weighted by Gasteiger charge is -2.32. The molecule has 28 heavy (non-hydrogen) atoms. The van der Waals surface area contributed by atoms with Crippen LogP contribution in [-0.2, 0) is 6.42 Å². The largest absolute Gasteiger partial charge is 0.338 e. The highest BCUT2D eigenvalue weighted by molar-refractivity contribution is 5.94. The van der Waals surface area contributed by atoms with Crippen molar-refractivity contribution in [3.8, 4) is 0 Å². The zero-order chi connectivity index (χ0) is 19.3. The van der Waals surface area contributed by atoms with E-state index in [0.29, 0.717) is 18.5 Å². The van der Waals surface area contributed by atoms with Crippen LogP contribution in [0, 0.1) is 5.82 Å². The Morgan fingerprint density at radius 3 is 2.75 bits per heavy atom. The predicted molar refractivity (Wildman–Crippen MR) is 106 cm³/mol. The smallest absolute Gasteiger partial charge is 0.253 e. The van der Waals surface area contributed by atoms with Crippen LogP contribution in [0.25, 0.3) is 0 Å². The van der Waals surface area contributed by atoms with E-state index in [-0.39, 0.29) is 17.6 Å². The molecule has 3 heterocycles.